The number of nitrogens with zero attached hydrogens (tertiary/aromatic N) is 4. The van der Waals surface area contributed by atoms with Crippen molar-refractivity contribution in [2.45, 2.75) is 26.4 Å². The number of carbonyl (C=O) groups excluding carboxylic acids is 2. The molecule has 208 valence electrons. The number of piperazine rings is 1. The third kappa shape index (κ3) is 6.39. The Labute approximate surface area is 238 Å². The van der Waals surface area contributed by atoms with Crippen LogP contribution >= 0.6 is 11.6 Å². The molecule has 1 fully saturated rings. The van der Waals surface area contributed by atoms with Gasteiger partial charge in [0.05, 0.1) is 13.1 Å². The minimum atomic E-state index is -0.372. The fraction of sp³-hybridized carbons (Fsp3) is 0.290. The molecule has 4 aromatic rings. The minimum Gasteiger partial charge on any atom is -0.454 e. The molecule has 1 saturated heterocycles. The van der Waals surface area contributed by atoms with Gasteiger partial charge in [-0.2, -0.15) is 0 Å². The number of amides is 2. The Bertz CT molecular complexity index is 1460. The molecule has 0 spiro atoms. The van der Waals surface area contributed by atoms with Crippen LogP contribution in [0, 0.1) is 5.82 Å². The Kier molecular flexibility index (Phi) is 8.55. The molecule has 40 heavy (non-hydrogen) atoms. The van der Waals surface area contributed by atoms with Crippen molar-refractivity contribution in [3.8, 4) is 0 Å². The standard InChI is InChI=1S/C31H32ClFN4O3/c1-2-14-37(30(38)23-8-10-25(33)11-9-23)21-27-7-4-15-36(27)22-28-12-13-29(40-28)31(39)35-18-16-34(17-19-35)26-6-3-5-24(32)20-26/h3-13,15,20H,2,14,16-19,21-22H2,1H3. The largest absolute Gasteiger partial charge is 0.454 e. The zero-order valence-electron chi connectivity index (χ0n) is 22.4. The van der Waals surface area contributed by atoms with E-state index in [1.807, 2.05) is 65.1 Å². The second-order valence-electron chi connectivity index (χ2n) is 9.89. The van der Waals surface area contributed by atoms with E-state index in [-0.39, 0.29) is 17.6 Å². The molecule has 0 unspecified atom stereocenters. The van der Waals surface area contributed by atoms with Crippen LogP contribution in [0.1, 0.15) is 45.7 Å². The van der Waals surface area contributed by atoms with Crippen LogP contribution in [0.4, 0.5) is 10.1 Å². The van der Waals surface area contributed by atoms with E-state index in [1.165, 1.54) is 24.3 Å². The first kappa shape index (κ1) is 27.5. The molecule has 3 heterocycles. The van der Waals surface area contributed by atoms with Crippen LogP contribution in [0.15, 0.2) is 83.4 Å². The Morgan fingerprint density at radius 2 is 1.75 bits per heavy atom. The van der Waals surface area contributed by atoms with Crippen molar-refractivity contribution in [1.82, 2.24) is 14.4 Å². The highest BCUT2D eigenvalue weighted by molar-refractivity contribution is 6.30. The van der Waals surface area contributed by atoms with Crippen molar-refractivity contribution in [2.24, 2.45) is 0 Å². The first-order valence-electron chi connectivity index (χ1n) is 13.5. The van der Waals surface area contributed by atoms with Crippen LogP contribution in [-0.2, 0) is 13.1 Å². The number of hydrogen-bond donors (Lipinski definition) is 0. The molecule has 2 amide bonds. The maximum atomic E-state index is 13.3. The zero-order chi connectivity index (χ0) is 28.1. The maximum absolute atomic E-state index is 13.3. The lowest BCUT2D eigenvalue weighted by Crippen LogP contribution is -2.48. The highest BCUT2D eigenvalue weighted by atomic mass is 35.5. The van der Waals surface area contributed by atoms with Gasteiger partial charge in [0.1, 0.15) is 11.6 Å². The molecule has 9 heteroatoms. The highest BCUT2D eigenvalue weighted by Crippen LogP contribution is 2.22. The van der Waals surface area contributed by atoms with Crippen molar-refractivity contribution in [2.75, 3.05) is 37.6 Å². The third-order valence-corrected chi connectivity index (χ3v) is 7.32. The average Bonchev–Trinajstić information content (AvgIpc) is 3.62. The Hall–Kier alpha value is -4.04. The van der Waals surface area contributed by atoms with Crippen LogP contribution in [-0.4, -0.2) is 58.9 Å². The summed E-state index contributed by atoms with van der Waals surface area (Å²) in [6.07, 6.45) is 2.73. The van der Waals surface area contributed by atoms with Crippen molar-refractivity contribution in [3.63, 3.8) is 0 Å². The number of halogens is 2. The molecule has 0 bridgehead atoms. The van der Waals surface area contributed by atoms with E-state index in [0.29, 0.717) is 54.8 Å². The van der Waals surface area contributed by atoms with Gasteiger partial charge in [0.2, 0.25) is 0 Å². The number of aromatic nitrogens is 1. The molecule has 2 aromatic carbocycles. The molecule has 0 saturated carbocycles. The number of benzene rings is 2. The van der Waals surface area contributed by atoms with Gasteiger partial charge >= 0.3 is 0 Å². The van der Waals surface area contributed by atoms with Gasteiger partial charge in [-0.05, 0) is 73.2 Å². The molecule has 0 N–H and O–H groups in total. The summed E-state index contributed by atoms with van der Waals surface area (Å²) in [6, 6.07) is 20.8. The van der Waals surface area contributed by atoms with E-state index in [9.17, 15) is 14.0 Å². The van der Waals surface area contributed by atoms with Gasteiger partial charge < -0.3 is 23.7 Å². The lowest BCUT2D eigenvalue weighted by Gasteiger charge is -2.35. The Morgan fingerprint density at radius 3 is 2.48 bits per heavy atom. The molecular formula is C31H32ClFN4O3. The molecule has 1 aliphatic heterocycles. The summed E-state index contributed by atoms with van der Waals surface area (Å²) in [7, 11) is 0. The maximum Gasteiger partial charge on any atom is 0.289 e. The summed E-state index contributed by atoms with van der Waals surface area (Å²) < 4.78 is 21.3. The van der Waals surface area contributed by atoms with Gasteiger partial charge in [-0.15, -0.1) is 0 Å². The fourth-order valence-corrected chi connectivity index (χ4v) is 5.17. The fourth-order valence-electron chi connectivity index (χ4n) is 4.98. The van der Waals surface area contributed by atoms with Gasteiger partial charge in [0, 0.05) is 60.9 Å². The summed E-state index contributed by atoms with van der Waals surface area (Å²) >= 11 is 6.13. The lowest BCUT2D eigenvalue weighted by molar-refractivity contribution is 0.0710. The van der Waals surface area contributed by atoms with Crippen molar-refractivity contribution < 1.29 is 18.4 Å². The van der Waals surface area contributed by atoms with Gasteiger partial charge in [0.15, 0.2) is 5.76 Å². The Morgan fingerprint density at radius 1 is 0.975 bits per heavy atom. The number of carbonyl (C=O) groups is 2. The smallest absolute Gasteiger partial charge is 0.289 e. The van der Waals surface area contributed by atoms with E-state index >= 15 is 0 Å². The second-order valence-corrected chi connectivity index (χ2v) is 10.3. The monoisotopic (exact) mass is 562 g/mol. The number of rotatable bonds is 9. The van der Waals surface area contributed by atoms with Crippen molar-refractivity contribution >= 4 is 29.1 Å². The zero-order valence-corrected chi connectivity index (χ0v) is 23.2. The minimum absolute atomic E-state index is 0.122. The predicted octanol–water partition coefficient (Wildman–Crippen LogP) is 5.94. The highest BCUT2D eigenvalue weighted by Gasteiger charge is 2.25. The van der Waals surface area contributed by atoms with Crippen LogP contribution in [0.25, 0.3) is 0 Å². The van der Waals surface area contributed by atoms with Crippen LogP contribution in [0.2, 0.25) is 5.02 Å². The van der Waals surface area contributed by atoms with Crippen LogP contribution < -0.4 is 4.90 Å². The van der Waals surface area contributed by atoms with Crippen LogP contribution in [0.3, 0.4) is 0 Å². The Balaban J connectivity index is 1.21. The summed E-state index contributed by atoms with van der Waals surface area (Å²) in [5, 5.41) is 0.697. The first-order chi connectivity index (χ1) is 19.4. The van der Waals surface area contributed by atoms with E-state index in [2.05, 4.69) is 4.90 Å². The van der Waals surface area contributed by atoms with E-state index in [4.69, 9.17) is 16.0 Å². The molecule has 0 aliphatic carbocycles. The van der Waals surface area contributed by atoms with E-state index in [0.717, 1.165) is 30.9 Å². The quantitative estimate of drug-likeness (QED) is 0.253. The topological polar surface area (TPSA) is 61.9 Å². The summed E-state index contributed by atoms with van der Waals surface area (Å²) in [5.41, 5.74) is 2.44. The molecule has 0 atom stereocenters. The van der Waals surface area contributed by atoms with Crippen LogP contribution in [0.5, 0.6) is 0 Å². The molecule has 1 aliphatic rings. The lowest BCUT2D eigenvalue weighted by atomic mass is 10.2. The van der Waals surface area contributed by atoms with Gasteiger partial charge in [0.25, 0.3) is 11.8 Å². The molecular weight excluding hydrogens is 531 g/mol. The average molecular weight is 563 g/mol. The first-order valence-corrected chi connectivity index (χ1v) is 13.9. The number of furan rings is 1. The number of hydrogen-bond acceptors (Lipinski definition) is 4. The van der Waals surface area contributed by atoms with Gasteiger partial charge in [-0.25, -0.2) is 4.39 Å². The summed E-state index contributed by atoms with van der Waals surface area (Å²) in [6.45, 7) is 6.06. The summed E-state index contributed by atoms with van der Waals surface area (Å²) in [4.78, 5) is 32.1. The van der Waals surface area contributed by atoms with Gasteiger partial charge in [-0.3, -0.25) is 9.59 Å². The second kappa shape index (κ2) is 12.4. The SMILES string of the molecule is CCCN(Cc1cccn1Cc1ccc(C(=O)N2CCN(c3cccc(Cl)c3)CC2)o1)C(=O)c1ccc(F)cc1. The third-order valence-electron chi connectivity index (χ3n) is 7.09. The van der Waals surface area contributed by atoms with E-state index < -0.39 is 0 Å². The molecule has 0 radical (unpaired) electrons. The molecule has 2 aromatic heterocycles. The van der Waals surface area contributed by atoms with E-state index in [1.54, 1.807) is 11.0 Å². The molecule has 7 nitrogen and oxygen atoms in total. The van der Waals surface area contributed by atoms with Crippen molar-refractivity contribution in [1.29, 1.82) is 0 Å². The molecule has 5 rings (SSSR count). The van der Waals surface area contributed by atoms with Crippen molar-refractivity contribution in [3.05, 3.63) is 113 Å². The summed E-state index contributed by atoms with van der Waals surface area (Å²) in [5.74, 6) is 0.340. The predicted molar refractivity (Wildman–Crippen MR) is 153 cm³/mol. The normalized spacial score (nSPS) is 13.5. The van der Waals surface area contributed by atoms with Gasteiger partial charge in [-0.1, -0.05) is 24.6 Å². The number of anilines is 1.